The Labute approximate surface area is 179 Å². The standard InChI is InChI=1S/C21H28F3N5O2/c1-13(2)29-20(14-3-5-16(9-14)28-7-8-31-17(11-28)12-30)26-19(27-29)15-4-6-18(25-10-15)21(22,23)24/h4,6,10,13-14,16-17,30H,3,5,7-9,11-12H2,1-2H3/t14-,16-,17-/m0/s1. The summed E-state index contributed by atoms with van der Waals surface area (Å²) in [7, 11) is 0. The Kier molecular flexibility index (Phi) is 6.32. The molecular weight excluding hydrogens is 411 g/mol. The van der Waals surface area contributed by atoms with Gasteiger partial charge in [-0.25, -0.2) is 9.67 Å². The van der Waals surface area contributed by atoms with Crippen LogP contribution in [0.4, 0.5) is 13.2 Å². The number of aliphatic hydroxyl groups is 1. The Morgan fingerprint density at radius 2 is 2.06 bits per heavy atom. The third kappa shape index (κ3) is 4.75. The van der Waals surface area contributed by atoms with Crippen molar-refractivity contribution in [3.8, 4) is 11.4 Å². The Morgan fingerprint density at radius 1 is 1.26 bits per heavy atom. The Hall–Kier alpha value is -2.04. The summed E-state index contributed by atoms with van der Waals surface area (Å²) in [6.07, 6.45) is -0.471. The number of aliphatic hydroxyl groups excluding tert-OH is 1. The molecule has 0 unspecified atom stereocenters. The molecule has 0 aromatic carbocycles. The minimum absolute atomic E-state index is 0.0266. The van der Waals surface area contributed by atoms with Crippen LogP contribution in [0.25, 0.3) is 11.4 Å². The molecule has 0 spiro atoms. The van der Waals surface area contributed by atoms with Crippen molar-refractivity contribution in [2.75, 3.05) is 26.3 Å². The van der Waals surface area contributed by atoms with E-state index in [0.29, 0.717) is 24.0 Å². The number of pyridine rings is 1. The van der Waals surface area contributed by atoms with Crippen molar-refractivity contribution in [2.24, 2.45) is 0 Å². The fourth-order valence-corrected chi connectivity index (χ4v) is 4.52. The molecule has 1 saturated heterocycles. The zero-order chi connectivity index (χ0) is 22.2. The van der Waals surface area contributed by atoms with Crippen LogP contribution in [0.5, 0.6) is 0 Å². The summed E-state index contributed by atoms with van der Waals surface area (Å²) >= 11 is 0. The van der Waals surface area contributed by atoms with Crippen molar-refractivity contribution in [2.45, 2.75) is 63.4 Å². The molecule has 1 N–H and O–H groups in total. The highest BCUT2D eigenvalue weighted by Crippen LogP contribution is 2.38. The molecule has 3 atom stereocenters. The molecule has 10 heteroatoms. The topological polar surface area (TPSA) is 76.3 Å². The number of morpholine rings is 1. The second-order valence-corrected chi connectivity index (χ2v) is 8.60. The highest BCUT2D eigenvalue weighted by Gasteiger charge is 2.36. The zero-order valence-electron chi connectivity index (χ0n) is 17.7. The molecule has 0 bridgehead atoms. The lowest BCUT2D eigenvalue weighted by Gasteiger charge is -2.36. The van der Waals surface area contributed by atoms with E-state index in [-0.39, 0.29) is 24.7 Å². The Bertz CT molecular complexity index is 884. The quantitative estimate of drug-likeness (QED) is 0.771. The van der Waals surface area contributed by atoms with E-state index in [4.69, 9.17) is 9.72 Å². The van der Waals surface area contributed by atoms with Gasteiger partial charge >= 0.3 is 6.18 Å². The van der Waals surface area contributed by atoms with Crippen molar-refractivity contribution in [3.05, 3.63) is 29.8 Å². The van der Waals surface area contributed by atoms with Gasteiger partial charge in [0.15, 0.2) is 5.82 Å². The van der Waals surface area contributed by atoms with Gasteiger partial charge in [-0.15, -0.1) is 0 Å². The van der Waals surface area contributed by atoms with Crippen LogP contribution < -0.4 is 0 Å². The number of rotatable bonds is 5. The second-order valence-electron chi connectivity index (χ2n) is 8.60. The highest BCUT2D eigenvalue weighted by molar-refractivity contribution is 5.53. The normalized spacial score (nSPS) is 25.5. The summed E-state index contributed by atoms with van der Waals surface area (Å²) in [4.78, 5) is 10.7. The van der Waals surface area contributed by atoms with E-state index in [1.54, 1.807) is 0 Å². The van der Waals surface area contributed by atoms with Gasteiger partial charge in [-0.2, -0.15) is 18.3 Å². The van der Waals surface area contributed by atoms with Crippen LogP contribution in [-0.4, -0.2) is 68.2 Å². The van der Waals surface area contributed by atoms with E-state index in [1.807, 2.05) is 18.5 Å². The fraction of sp³-hybridized carbons (Fsp3) is 0.667. The van der Waals surface area contributed by atoms with Crippen LogP contribution in [0.3, 0.4) is 0 Å². The molecule has 1 aliphatic carbocycles. The molecule has 1 saturated carbocycles. The molecule has 2 aromatic heterocycles. The lowest BCUT2D eigenvalue weighted by atomic mass is 10.1. The first-order valence-electron chi connectivity index (χ1n) is 10.7. The van der Waals surface area contributed by atoms with Crippen molar-refractivity contribution < 1.29 is 23.0 Å². The van der Waals surface area contributed by atoms with E-state index < -0.39 is 11.9 Å². The van der Waals surface area contributed by atoms with E-state index in [0.717, 1.165) is 44.2 Å². The zero-order valence-corrected chi connectivity index (χ0v) is 17.7. The summed E-state index contributed by atoms with van der Waals surface area (Å²) in [5, 5.41) is 14.0. The van der Waals surface area contributed by atoms with Crippen LogP contribution in [0.15, 0.2) is 18.3 Å². The number of ether oxygens (including phenoxy) is 1. The van der Waals surface area contributed by atoms with E-state index in [1.165, 1.54) is 12.3 Å². The summed E-state index contributed by atoms with van der Waals surface area (Å²) < 4.78 is 45.9. The van der Waals surface area contributed by atoms with Crippen LogP contribution >= 0.6 is 0 Å². The number of halogens is 3. The van der Waals surface area contributed by atoms with Crippen molar-refractivity contribution in [1.29, 1.82) is 0 Å². The predicted octanol–water partition coefficient (Wildman–Crippen LogP) is 3.27. The van der Waals surface area contributed by atoms with Gasteiger partial charge in [-0.1, -0.05) is 0 Å². The van der Waals surface area contributed by atoms with E-state index >= 15 is 0 Å². The number of hydrogen-bond donors (Lipinski definition) is 1. The van der Waals surface area contributed by atoms with Gasteiger partial charge in [-0.05, 0) is 45.2 Å². The van der Waals surface area contributed by atoms with Gasteiger partial charge in [0, 0.05) is 42.9 Å². The molecule has 2 aliphatic rings. The molecule has 4 rings (SSSR count). The molecule has 31 heavy (non-hydrogen) atoms. The van der Waals surface area contributed by atoms with Crippen molar-refractivity contribution in [3.63, 3.8) is 0 Å². The maximum Gasteiger partial charge on any atom is 0.433 e. The van der Waals surface area contributed by atoms with Crippen LogP contribution in [0.2, 0.25) is 0 Å². The number of aromatic nitrogens is 4. The van der Waals surface area contributed by atoms with Crippen LogP contribution in [0.1, 0.15) is 56.6 Å². The summed E-state index contributed by atoms with van der Waals surface area (Å²) in [5.74, 6) is 1.51. The van der Waals surface area contributed by atoms with E-state index in [9.17, 15) is 18.3 Å². The van der Waals surface area contributed by atoms with Crippen molar-refractivity contribution in [1.82, 2.24) is 24.6 Å². The summed E-state index contributed by atoms with van der Waals surface area (Å²) in [6, 6.07) is 2.82. The molecular formula is C21H28F3N5O2. The average molecular weight is 439 g/mol. The van der Waals surface area contributed by atoms with Crippen molar-refractivity contribution >= 4 is 0 Å². The van der Waals surface area contributed by atoms with Gasteiger partial charge < -0.3 is 9.84 Å². The van der Waals surface area contributed by atoms with Gasteiger partial charge in [-0.3, -0.25) is 9.88 Å². The second kappa shape index (κ2) is 8.84. The first-order valence-corrected chi connectivity index (χ1v) is 10.7. The lowest BCUT2D eigenvalue weighted by molar-refractivity contribution is -0.141. The minimum Gasteiger partial charge on any atom is -0.394 e. The molecule has 7 nitrogen and oxygen atoms in total. The molecule has 0 radical (unpaired) electrons. The molecule has 2 aromatic rings. The fourth-order valence-electron chi connectivity index (χ4n) is 4.52. The summed E-state index contributed by atoms with van der Waals surface area (Å²) in [5.41, 5.74) is -0.452. The summed E-state index contributed by atoms with van der Waals surface area (Å²) in [6.45, 7) is 6.28. The minimum atomic E-state index is -4.47. The maximum absolute atomic E-state index is 12.8. The maximum atomic E-state index is 12.8. The predicted molar refractivity (Wildman–Crippen MR) is 107 cm³/mol. The SMILES string of the molecule is CC(C)n1nc(-c2ccc(C(F)(F)F)nc2)nc1[C@H]1CC[C@H](N2CCO[C@H](CO)C2)C1. The van der Waals surface area contributed by atoms with Gasteiger partial charge in [0.25, 0.3) is 0 Å². The number of nitrogens with zero attached hydrogens (tertiary/aromatic N) is 5. The Balaban J connectivity index is 1.53. The number of alkyl halides is 3. The van der Waals surface area contributed by atoms with Crippen LogP contribution in [-0.2, 0) is 10.9 Å². The first kappa shape index (κ1) is 22.2. The van der Waals surface area contributed by atoms with Crippen LogP contribution in [0, 0.1) is 0 Å². The van der Waals surface area contributed by atoms with Gasteiger partial charge in [0.1, 0.15) is 11.5 Å². The largest absolute Gasteiger partial charge is 0.433 e. The lowest BCUT2D eigenvalue weighted by Crippen LogP contribution is -2.48. The first-order chi connectivity index (χ1) is 14.8. The highest BCUT2D eigenvalue weighted by atomic mass is 19.4. The molecule has 1 aliphatic heterocycles. The van der Waals surface area contributed by atoms with Gasteiger partial charge in [0.2, 0.25) is 0 Å². The number of hydrogen-bond acceptors (Lipinski definition) is 6. The molecule has 0 amide bonds. The molecule has 2 fully saturated rings. The molecule has 3 heterocycles. The smallest absolute Gasteiger partial charge is 0.394 e. The molecule has 170 valence electrons. The van der Waals surface area contributed by atoms with E-state index in [2.05, 4.69) is 15.0 Å². The monoisotopic (exact) mass is 439 g/mol. The third-order valence-electron chi connectivity index (χ3n) is 6.12. The Morgan fingerprint density at radius 3 is 2.71 bits per heavy atom. The third-order valence-corrected chi connectivity index (χ3v) is 6.12. The average Bonchev–Trinajstić information content (AvgIpc) is 3.41. The van der Waals surface area contributed by atoms with Gasteiger partial charge in [0.05, 0.1) is 19.3 Å².